The summed E-state index contributed by atoms with van der Waals surface area (Å²) in [7, 11) is 0.178. The lowest BCUT2D eigenvalue weighted by molar-refractivity contribution is -0.277. The van der Waals surface area contributed by atoms with Gasteiger partial charge in [-0.25, -0.2) is 13.1 Å². The van der Waals surface area contributed by atoms with Gasteiger partial charge in [0.1, 0.15) is 114 Å². The van der Waals surface area contributed by atoms with Crippen molar-refractivity contribution in [3.8, 4) is 62.9 Å². The molecule has 116 heavy (non-hydrogen) atoms. The number of likely N-dealkylation sites (N-methyl/N-ethyl adjacent to an activating group) is 2. The molecule has 4 aliphatic carbocycles. The Hall–Kier alpha value is -10.2. The number of aliphatic hydroxyl groups is 6. The van der Waals surface area contributed by atoms with Gasteiger partial charge in [-0.2, -0.15) is 0 Å². The molecular formula is C79H90Cl2N10O24S. The van der Waals surface area contributed by atoms with Crippen LogP contribution in [0.1, 0.15) is 117 Å². The van der Waals surface area contributed by atoms with E-state index in [1.807, 2.05) is 23.7 Å². The number of nitrogens with one attached hydrogen (secondary N) is 9. The molecule has 0 spiro atoms. The first-order valence-corrected chi connectivity index (χ1v) is 40.0. The van der Waals surface area contributed by atoms with E-state index in [9.17, 15) is 64.0 Å². The molecule has 620 valence electrons. The number of phenolic OH excluding ortho intramolecular Hbond substituents is 3. The highest BCUT2D eigenvalue weighted by atomic mass is 35.5. The Balaban J connectivity index is 0.996. The first-order chi connectivity index (χ1) is 55.1. The number of phenols is 3. The third-order valence-corrected chi connectivity index (χ3v) is 24.1. The number of aromatic hydroxyl groups is 3. The quantitative estimate of drug-likeness (QED) is 0.0588. The molecule has 5 fully saturated rings. The van der Waals surface area contributed by atoms with Crippen molar-refractivity contribution in [3.63, 3.8) is 0 Å². The number of amides is 8. The molecule has 16 rings (SSSR count). The lowest BCUT2D eigenvalue weighted by atomic mass is 9.54. The summed E-state index contributed by atoms with van der Waals surface area (Å²) < 4.78 is 61.3. The largest absolute Gasteiger partial charge is 0.508 e. The molecule has 37 heteroatoms. The van der Waals surface area contributed by atoms with Crippen LogP contribution in [-0.2, 0) is 53.1 Å². The van der Waals surface area contributed by atoms with Crippen LogP contribution in [0.25, 0.3) is 11.1 Å². The number of halogens is 2. The summed E-state index contributed by atoms with van der Waals surface area (Å²) in [6.07, 6.45) is -11.2. The summed E-state index contributed by atoms with van der Waals surface area (Å²) in [5.74, 6) is -14.1. The van der Waals surface area contributed by atoms with Crippen LogP contribution in [0.5, 0.6) is 51.7 Å². The second-order valence-electron chi connectivity index (χ2n) is 31.0. The Bertz CT molecular complexity index is 4900. The van der Waals surface area contributed by atoms with Crippen molar-refractivity contribution in [2.45, 2.75) is 155 Å². The maximum absolute atomic E-state index is 16.4. The number of hydrogen-bond acceptors (Lipinski definition) is 26. The van der Waals surface area contributed by atoms with E-state index >= 15 is 28.8 Å². The zero-order valence-corrected chi connectivity index (χ0v) is 65.5. The van der Waals surface area contributed by atoms with Crippen LogP contribution >= 0.6 is 23.2 Å². The minimum atomic E-state index is -4.90. The summed E-state index contributed by atoms with van der Waals surface area (Å²) in [4.78, 5) is 125. The van der Waals surface area contributed by atoms with Gasteiger partial charge < -0.3 is 117 Å². The van der Waals surface area contributed by atoms with Crippen molar-refractivity contribution in [1.29, 1.82) is 0 Å². The molecule has 34 nitrogen and oxygen atoms in total. The van der Waals surface area contributed by atoms with E-state index < -0.39 is 222 Å². The molecular weight excluding hydrogens is 1580 g/mol. The van der Waals surface area contributed by atoms with Gasteiger partial charge in [0, 0.05) is 29.8 Å². The van der Waals surface area contributed by atoms with Gasteiger partial charge >= 0.3 is 0 Å². The van der Waals surface area contributed by atoms with Crippen molar-refractivity contribution >= 4 is 80.5 Å². The molecule has 18 N–H and O–H groups in total. The number of rotatable bonds is 18. The van der Waals surface area contributed by atoms with Crippen LogP contribution in [0.3, 0.4) is 0 Å². The van der Waals surface area contributed by atoms with Gasteiger partial charge in [-0.05, 0) is 196 Å². The predicted octanol–water partition coefficient (Wildman–Crippen LogP) is 2.69. The van der Waals surface area contributed by atoms with Gasteiger partial charge in [-0.15, -0.1) is 0 Å². The number of fused-ring (bicyclic) bond motifs is 15. The van der Waals surface area contributed by atoms with E-state index in [4.69, 9.17) is 46.9 Å². The molecule has 4 saturated carbocycles. The molecule has 6 aromatic carbocycles. The standard InChI is InChI=1S/C79H90Cl2N10O24S/c1-33(2)18-49(82-3)72(102)88-64-66(97)37-7-14-53(47(80)25-37)112-55-27-41-28-56(71(55)115-79-70(101)69(100)68(99)57(32-92)114-79)113-54-15-8-38(26-48(54)81)67(98)65-78(108)87-63(76(106)84-60-39-20-34-19-35(22-39)23-40(60)21-34)46-29-42(93)30-52(95)59(46)45-24-36(6-13-51(45)94)61(74(104)89-65)86-75(105)62(41)85-73(103)50(83-77(64)107)31-58(96)90-116(109,110)44-11-9-43(10-12-44)111-17-16-91(4)5/h6-15,24-30,33-35,39-40,49-50,57,60-70,79,82,92-95,97-101H,16-23,31-32H2,1-5H3,(H,83,107)(H,84,106)(H,85,103)(H,86,105)(H,87,108)(H,88,102)(H,89,104)(H,90,96)/t34?,35?,39?,40?,49-,50+,57-,60?,61-,62-,63+,64-,65+,66-,67-,68-,69+,70-,79+/m1/s1. The minimum absolute atomic E-state index is 0.0567. The number of aliphatic hydroxyl groups excluding tert-OH is 6. The highest BCUT2D eigenvalue weighted by molar-refractivity contribution is 7.90. The summed E-state index contributed by atoms with van der Waals surface area (Å²) in [6, 6.07) is 4.13. The molecule has 14 atom stereocenters. The van der Waals surface area contributed by atoms with Crippen LogP contribution in [0.2, 0.25) is 10.0 Å². The van der Waals surface area contributed by atoms with Crippen molar-refractivity contribution in [2.24, 2.45) is 29.6 Å². The number of ether oxygens (including phenoxy) is 5. The average Bonchev–Trinajstić information content (AvgIpc) is 0.757. The van der Waals surface area contributed by atoms with Gasteiger partial charge in [0.25, 0.3) is 10.0 Å². The van der Waals surface area contributed by atoms with E-state index in [1.165, 1.54) is 31.3 Å². The molecule has 10 aliphatic rings. The highest BCUT2D eigenvalue weighted by Crippen LogP contribution is 2.55. The van der Waals surface area contributed by atoms with E-state index in [-0.39, 0.29) is 75.7 Å². The van der Waals surface area contributed by atoms with E-state index in [2.05, 4.69) is 42.5 Å². The normalized spacial score (nSPS) is 28.0. The minimum Gasteiger partial charge on any atom is -0.508 e. The summed E-state index contributed by atoms with van der Waals surface area (Å²) >= 11 is 14.2. The van der Waals surface area contributed by atoms with Crippen LogP contribution in [0, 0.1) is 29.6 Å². The van der Waals surface area contributed by atoms with Crippen LogP contribution in [0.4, 0.5) is 0 Å². The second kappa shape index (κ2) is 34.6. The Labute approximate surface area is 674 Å². The zero-order chi connectivity index (χ0) is 83.2. The lowest BCUT2D eigenvalue weighted by Gasteiger charge is -2.54. The Kier molecular flexibility index (Phi) is 25.0. The molecule has 15 bridgehead atoms. The van der Waals surface area contributed by atoms with Crippen molar-refractivity contribution in [2.75, 3.05) is 40.9 Å². The number of benzene rings is 6. The lowest BCUT2D eigenvalue weighted by Crippen LogP contribution is -2.60. The molecule has 0 unspecified atom stereocenters. The number of carbonyl (C=O) groups excluding carboxylic acids is 8. The second-order valence-corrected chi connectivity index (χ2v) is 33.5. The SMILES string of the molecule is CN[C@H](CC(C)C)C(=O)N[C@H]1C(=O)N[C@@H](CC(=O)NS(=O)(=O)c2ccc(OCCN(C)C)cc2)C(=O)N[C@H]2C(=O)N[C@H]3C(=O)N[C@H](C(=O)N[C@H](C(=O)NC4C5CC6CC(C5)CC4C6)c4cc(O)cc(O)c4-c4cc3ccc4O)[C@H](O)c3ccc(c(Cl)c3)Oc3cc2cc(c3O[C@@H]2O[C@H](CO)[C@@H](O)[C@H](O)[C@H]2O)Oc2ccc(cc2Cl)[C@H]1O. The van der Waals surface area contributed by atoms with Crippen LogP contribution in [-0.4, -0.2) is 208 Å². The fraction of sp³-hybridized carbons (Fsp3) is 0.443. The summed E-state index contributed by atoms with van der Waals surface area (Å²) in [5, 5.41) is 125. The number of sulfonamides is 1. The molecule has 8 amide bonds. The monoisotopic (exact) mass is 1660 g/mol. The smallest absolute Gasteiger partial charge is 0.264 e. The van der Waals surface area contributed by atoms with Crippen molar-refractivity contribution in [1.82, 2.24) is 52.2 Å². The van der Waals surface area contributed by atoms with Gasteiger partial charge in [0.05, 0.1) is 34.0 Å². The third kappa shape index (κ3) is 17.9. The first kappa shape index (κ1) is 83.8. The van der Waals surface area contributed by atoms with Crippen LogP contribution < -0.4 is 66.2 Å². The Morgan fingerprint density at radius 3 is 1.84 bits per heavy atom. The van der Waals surface area contributed by atoms with E-state index in [0.29, 0.717) is 18.4 Å². The molecule has 6 heterocycles. The fourth-order valence-electron chi connectivity index (χ4n) is 16.4. The molecule has 0 aromatic heterocycles. The van der Waals surface area contributed by atoms with Gasteiger partial charge in [-0.1, -0.05) is 55.2 Å². The topological polar surface area (TPSA) is 510 Å². The van der Waals surface area contributed by atoms with Gasteiger partial charge in [0.2, 0.25) is 59.3 Å². The van der Waals surface area contributed by atoms with Gasteiger partial charge in [-0.3, -0.25) is 38.4 Å². The zero-order valence-electron chi connectivity index (χ0n) is 63.2. The molecule has 0 radical (unpaired) electrons. The predicted molar refractivity (Wildman–Crippen MR) is 411 cm³/mol. The van der Waals surface area contributed by atoms with Crippen molar-refractivity contribution in [3.05, 3.63) is 141 Å². The summed E-state index contributed by atoms with van der Waals surface area (Å²) in [5.41, 5.74) is -2.38. The fourth-order valence-corrected chi connectivity index (χ4v) is 17.9. The van der Waals surface area contributed by atoms with Crippen molar-refractivity contribution < 1.29 is 116 Å². The highest BCUT2D eigenvalue weighted by Gasteiger charge is 2.51. The Morgan fingerprint density at radius 1 is 0.638 bits per heavy atom. The Morgan fingerprint density at radius 2 is 1.24 bits per heavy atom. The molecule has 6 aromatic rings. The number of nitrogens with zero attached hydrogens (tertiary/aromatic N) is 1. The van der Waals surface area contributed by atoms with E-state index in [0.717, 1.165) is 111 Å². The van der Waals surface area contributed by atoms with E-state index in [1.54, 1.807) is 13.8 Å². The van der Waals surface area contributed by atoms with Gasteiger partial charge in [0.15, 0.2) is 11.5 Å². The average molecular weight is 1670 g/mol. The van der Waals surface area contributed by atoms with Crippen LogP contribution in [0.15, 0.2) is 108 Å². The maximum Gasteiger partial charge on any atom is 0.264 e. The number of hydrogen-bond donors (Lipinski definition) is 18. The molecule has 6 aliphatic heterocycles. The summed E-state index contributed by atoms with van der Waals surface area (Å²) in [6.45, 7) is 3.33. The molecule has 1 saturated heterocycles. The maximum atomic E-state index is 16.4. The first-order valence-electron chi connectivity index (χ1n) is 37.7. The number of carbonyl (C=O) groups is 8. The third-order valence-electron chi connectivity index (χ3n) is 22.1.